The van der Waals surface area contributed by atoms with Gasteiger partial charge in [-0.15, -0.1) is 0 Å². The first kappa shape index (κ1) is 22.6. The van der Waals surface area contributed by atoms with Gasteiger partial charge in [-0.3, -0.25) is 4.90 Å². The van der Waals surface area contributed by atoms with E-state index >= 15 is 0 Å². The monoisotopic (exact) mass is 456 g/mol. The van der Waals surface area contributed by atoms with Gasteiger partial charge in [0, 0.05) is 24.7 Å². The van der Waals surface area contributed by atoms with Gasteiger partial charge >= 0.3 is 0 Å². The zero-order valence-electron chi connectivity index (χ0n) is 18.9. The molecule has 1 fully saturated rings. The Morgan fingerprint density at radius 3 is 2.38 bits per heavy atom. The normalized spacial score (nSPS) is 18.8. The average molecular weight is 457 g/mol. The van der Waals surface area contributed by atoms with Crippen LogP contribution in [0.5, 0.6) is 11.5 Å². The lowest BCUT2D eigenvalue weighted by Gasteiger charge is -2.18. The molecular weight excluding hydrogens is 428 g/mol. The lowest BCUT2D eigenvalue weighted by molar-refractivity contribution is 0.0736. The van der Waals surface area contributed by atoms with Gasteiger partial charge < -0.3 is 19.1 Å². The number of halogens is 1. The van der Waals surface area contributed by atoms with Gasteiger partial charge in [-0.1, -0.05) is 28.9 Å². The van der Waals surface area contributed by atoms with Crippen molar-refractivity contribution in [2.45, 2.75) is 53.1 Å². The second-order valence-corrected chi connectivity index (χ2v) is 8.90. The molecule has 2 aromatic carbocycles. The summed E-state index contributed by atoms with van der Waals surface area (Å²) in [5.41, 5.74) is 4.94. The number of aryl methyl sites for hydroxylation is 4. The molecule has 2 heterocycles. The van der Waals surface area contributed by atoms with Crippen molar-refractivity contribution in [3.05, 3.63) is 75.1 Å². The van der Waals surface area contributed by atoms with Crippen molar-refractivity contribution in [3.63, 3.8) is 0 Å². The summed E-state index contributed by atoms with van der Waals surface area (Å²) in [6.45, 7) is 10.1. The van der Waals surface area contributed by atoms with Crippen LogP contribution in [0.25, 0.3) is 0 Å². The van der Waals surface area contributed by atoms with Gasteiger partial charge in [0.2, 0.25) is 0 Å². The molecule has 0 aliphatic carbocycles. The van der Waals surface area contributed by atoms with Crippen LogP contribution in [0.4, 0.5) is 0 Å². The fourth-order valence-corrected chi connectivity index (χ4v) is 4.15. The van der Waals surface area contributed by atoms with E-state index in [0.717, 1.165) is 56.8 Å². The van der Waals surface area contributed by atoms with Crippen LogP contribution in [-0.2, 0) is 13.2 Å². The second-order valence-electron chi connectivity index (χ2n) is 8.52. The van der Waals surface area contributed by atoms with Crippen LogP contribution in [-0.4, -0.2) is 40.5 Å². The Morgan fingerprint density at radius 2 is 1.75 bits per heavy atom. The van der Waals surface area contributed by atoms with Crippen LogP contribution in [0.15, 0.2) is 40.9 Å². The van der Waals surface area contributed by atoms with E-state index in [-0.39, 0.29) is 6.10 Å². The maximum absolute atomic E-state index is 10.5. The van der Waals surface area contributed by atoms with Crippen molar-refractivity contribution >= 4 is 11.6 Å². The highest BCUT2D eigenvalue weighted by Gasteiger charge is 2.33. The number of aliphatic hydroxyl groups excluding tert-OH is 1. The lowest BCUT2D eigenvalue weighted by atomic mass is 10.1. The fourth-order valence-electron chi connectivity index (χ4n) is 4.04. The highest BCUT2D eigenvalue weighted by Crippen LogP contribution is 2.28. The minimum atomic E-state index is -0.538. The van der Waals surface area contributed by atoms with Crippen molar-refractivity contribution in [1.82, 2.24) is 10.1 Å². The third-order valence-corrected chi connectivity index (χ3v) is 6.50. The summed E-state index contributed by atoms with van der Waals surface area (Å²) in [6, 6.07) is 11.9. The summed E-state index contributed by atoms with van der Waals surface area (Å²) in [7, 11) is 0. The Morgan fingerprint density at radius 1 is 1.06 bits per heavy atom. The van der Waals surface area contributed by atoms with Crippen molar-refractivity contribution in [2.75, 3.05) is 13.1 Å². The Hall–Kier alpha value is -2.54. The maximum atomic E-state index is 10.5. The van der Waals surface area contributed by atoms with Crippen molar-refractivity contribution in [3.8, 4) is 11.5 Å². The summed E-state index contributed by atoms with van der Waals surface area (Å²) >= 11 is 6.25. The average Bonchev–Trinajstić information content (AvgIpc) is 3.26. The summed E-state index contributed by atoms with van der Waals surface area (Å²) < 4.78 is 17.2. The van der Waals surface area contributed by atoms with Gasteiger partial charge in [0.1, 0.15) is 36.1 Å². The number of rotatable bonds is 7. The molecular formula is C25H29ClN2O4. The molecule has 3 aromatic rings. The number of aliphatic hydroxyl groups is 1. The molecule has 7 heteroatoms. The standard InChI is InChI=1S/C25H29ClN2O4/c1-15-9-21(10-16(2)25(15)26)31-24-13-28(12-23(24)29)11-19-5-7-20(8-6-19)30-14-22-17(3)27-32-18(22)4/h5-10,23-24,29H,11-14H2,1-4H3/t23-,24-/m0/s1. The Labute approximate surface area is 193 Å². The molecule has 0 unspecified atom stereocenters. The van der Waals surface area contributed by atoms with Crippen LogP contribution in [0.2, 0.25) is 5.02 Å². The Balaban J connectivity index is 1.32. The van der Waals surface area contributed by atoms with E-state index in [1.165, 1.54) is 0 Å². The van der Waals surface area contributed by atoms with Gasteiger partial charge in [-0.05, 0) is 68.7 Å². The number of nitrogens with zero attached hydrogens (tertiary/aromatic N) is 2. The molecule has 0 spiro atoms. The fraction of sp³-hybridized carbons (Fsp3) is 0.400. The van der Waals surface area contributed by atoms with Gasteiger partial charge in [-0.25, -0.2) is 0 Å². The number of benzene rings is 2. The third kappa shape index (κ3) is 5.09. The minimum Gasteiger partial charge on any atom is -0.489 e. The molecule has 1 saturated heterocycles. The van der Waals surface area contributed by atoms with Gasteiger partial charge in [0.25, 0.3) is 0 Å². The van der Waals surface area contributed by atoms with Crippen LogP contribution >= 0.6 is 11.6 Å². The highest BCUT2D eigenvalue weighted by atomic mass is 35.5. The first-order valence-electron chi connectivity index (χ1n) is 10.8. The second kappa shape index (κ2) is 9.53. The van der Waals surface area contributed by atoms with Crippen molar-refractivity contribution in [2.24, 2.45) is 0 Å². The molecule has 6 nitrogen and oxygen atoms in total. The van der Waals surface area contributed by atoms with Crippen LogP contribution in [0.1, 0.15) is 33.7 Å². The van der Waals surface area contributed by atoms with Crippen LogP contribution < -0.4 is 9.47 Å². The van der Waals surface area contributed by atoms with Gasteiger partial charge in [0.05, 0.1) is 11.3 Å². The van der Waals surface area contributed by atoms with Gasteiger partial charge in [0.15, 0.2) is 0 Å². The summed E-state index contributed by atoms with van der Waals surface area (Å²) in [5, 5.41) is 15.2. The maximum Gasteiger partial charge on any atom is 0.140 e. The SMILES string of the molecule is Cc1cc(O[C@H]2CN(Cc3ccc(OCc4c(C)noc4C)cc3)C[C@@H]2O)cc(C)c1Cl. The Kier molecular flexibility index (Phi) is 6.74. The topological polar surface area (TPSA) is 68.0 Å². The molecule has 0 amide bonds. The first-order valence-corrected chi connectivity index (χ1v) is 11.1. The Bertz CT molecular complexity index is 1040. The van der Waals surface area contributed by atoms with E-state index in [9.17, 15) is 5.11 Å². The van der Waals surface area contributed by atoms with E-state index in [1.54, 1.807) is 0 Å². The minimum absolute atomic E-state index is 0.271. The van der Waals surface area contributed by atoms with E-state index in [2.05, 4.69) is 22.2 Å². The number of aromatic nitrogens is 1. The summed E-state index contributed by atoms with van der Waals surface area (Å²) in [6.07, 6.45) is -0.809. The van der Waals surface area contributed by atoms with Crippen molar-refractivity contribution in [1.29, 1.82) is 0 Å². The van der Waals surface area contributed by atoms with Crippen molar-refractivity contribution < 1.29 is 19.1 Å². The molecule has 1 aliphatic rings. The number of β-amino-alcohol motifs (C(OH)–C–C–N with tert-alkyl or cyclic N) is 1. The number of ether oxygens (including phenoxy) is 2. The molecule has 1 aromatic heterocycles. The predicted octanol–water partition coefficient (Wildman–Crippen LogP) is 4.76. The van der Waals surface area contributed by atoms with E-state index in [0.29, 0.717) is 19.7 Å². The van der Waals surface area contributed by atoms with Crippen LogP contribution in [0, 0.1) is 27.7 Å². The summed E-state index contributed by atoms with van der Waals surface area (Å²) in [5.74, 6) is 2.33. The molecule has 1 aliphatic heterocycles. The molecule has 170 valence electrons. The largest absolute Gasteiger partial charge is 0.489 e. The molecule has 1 N–H and O–H groups in total. The third-order valence-electron chi connectivity index (χ3n) is 5.90. The van der Waals surface area contributed by atoms with Crippen LogP contribution in [0.3, 0.4) is 0 Å². The van der Waals surface area contributed by atoms with E-state index < -0.39 is 6.10 Å². The lowest BCUT2D eigenvalue weighted by Crippen LogP contribution is -2.30. The van der Waals surface area contributed by atoms with E-state index in [4.69, 9.17) is 25.6 Å². The van der Waals surface area contributed by atoms with E-state index in [1.807, 2.05) is 52.0 Å². The molecule has 4 rings (SSSR count). The smallest absolute Gasteiger partial charge is 0.140 e. The molecule has 2 atom stereocenters. The number of hydrogen-bond donors (Lipinski definition) is 1. The molecule has 32 heavy (non-hydrogen) atoms. The zero-order chi connectivity index (χ0) is 22.8. The molecule has 0 bridgehead atoms. The first-order chi connectivity index (χ1) is 15.3. The highest BCUT2D eigenvalue weighted by molar-refractivity contribution is 6.32. The molecule has 0 saturated carbocycles. The molecule has 0 radical (unpaired) electrons. The quantitative estimate of drug-likeness (QED) is 0.552. The van der Waals surface area contributed by atoms with Gasteiger partial charge in [-0.2, -0.15) is 0 Å². The number of hydrogen-bond acceptors (Lipinski definition) is 6. The predicted molar refractivity (Wildman–Crippen MR) is 123 cm³/mol. The zero-order valence-corrected chi connectivity index (χ0v) is 19.6. The summed E-state index contributed by atoms with van der Waals surface area (Å²) in [4.78, 5) is 2.20. The number of likely N-dealkylation sites (tertiary alicyclic amines) is 1.